The Morgan fingerprint density at radius 3 is 2.53 bits per heavy atom. The lowest BCUT2D eigenvalue weighted by Crippen LogP contribution is -2.23. The van der Waals surface area contributed by atoms with E-state index in [1.165, 1.54) is 0 Å². The molecule has 0 bridgehead atoms. The Morgan fingerprint density at radius 1 is 1.26 bits per heavy atom. The zero-order chi connectivity index (χ0) is 14.1. The number of ether oxygens (including phenoxy) is 2. The molecule has 0 aliphatic carbocycles. The average Bonchev–Trinajstić information content (AvgIpc) is 2.43. The molecule has 0 aliphatic heterocycles. The summed E-state index contributed by atoms with van der Waals surface area (Å²) in [6.07, 6.45) is 2.42. The maximum Gasteiger partial charge on any atom is 0.244 e. The van der Waals surface area contributed by atoms with E-state index >= 15 is 0 Å². The van der Waals surface area contributed by atoms with Crippen molar-refractivity contribution in [1.82, 2.24) is 5.32 Å². The molecule has 19 heavy (non-hydrogen) atoms. The minimum Gasteiger partial charge on any atom is -0.497 e. The predicted molar refractivity (Wildman–Crippen MR) is 76.1 cm³/mol. The van der Waals surface area contributed by atoms with Crippen LogP contribution in [0.2, 0.25) is 0 Å². The van der Waals surface area contributed by atoms with Crippen molar-refractivity contribution in [3.8, 4) is 5.75 Å². The van der Waals surface area contributed by atoms with Gasteiger partial charge in [0.2, 0.25) is 5.91 Å². The van der Waals surface area contributed by atoms with Gasteiger partial charge in [-0.25, -0.2) is 0 Å². The third-order valence-electron chi connectivity index (χ3n) is 2.72. The maximum atomic E-state index is 11.7. The molecule has 0 aliphatic rings. The van der Waals surface area contributed by atoms with E-state index in [1.807, 2.05) is 31.2 Å². The topological polar surface area (TPSA) is 47.6 Å². The van der Waals surface area contributed by atoms with E-state index in [0.717, 1.165) is 23.3 Å². The van der Waals surface area contributed by atoms with Crippen molar-refractivity contribution in [2.75, 3.05) is 27.4 Å². The molecule has 0 saturated heterocycles. The molecular formula is C15H21NO3. The quantitative estimate of drug-likeness (QED) is 0.606. The Morgan fingerprint density at radius 2 is 1.95 bits per heavy atom. The second kappa shape index (κ2) is 8.32. The summed E-state index contributed by atoms with van der Waals surface area (Å²) in [7, 11) is 3.28. The highest BCUT2D eigenvalue weighted by atomic mass is 16.5. The van der Waals surface area contributed by atoms with Gasteiger partial charge in [-0.3, -0.25) is 4.79 Å². The summed E-state index contributed by atoms with van der Waals surface area (Å²) in [5, 5.41) is 2.82. The number of rotatable bonds is 7. The first-order chi connectivity index (χ1) is 9.17. The Balaban J connectivity index is 2.52. The lowest BCUT2D eigenvalue weighted by Gasteiger charge is -2.05. The number of benzene rings is 1. The van der Waals surface area contributed by atoms with Crippen molar-refractivity contribution < 1.29 is 14.3 Å². The minimum absolute atomic E-state index is 0.0792. The summed E-state index contributed by atoms with van der Waals surface area (Å²) >= 11 is 0. The summed E-state index contributed by atoms with van der Waals surface area (Å²) in [5.74, 6) is 0.727. The summed E-state index contributed by atoms with van der Waals surface area (Å²) in [5.41, 5.74) is 1.93. The fourth-order valence-electron chi connectivity index (χ4n) is 1.61. The number of methoxy groups -OCH3 is 2. The number of hydrogen-bond donors (Lipinski definition) is 1. The van der Waals surface area contributed by atoms with Crippen LogP contribution in [-0.4, -0.2) is 33.3 Å². The summed E-state index contributed by atoms with van der Waals surface area (Å²) in [6, 6.07) is 7.62. The van der Waals surface area contributed by atoms with Gasteiger partial charge in [0, 0.05) is 26.3 Å². The second-order valence-corrected chi connectivity index (χ2v) is 4.19. The smallest absolute Gasteiger partial charge is 0.244 e. The molecule has 104 valence electrons. The molecule has 0 unspecified atom stereocenters. The fraction of sp³-hybridized carbons (Fsp3) is 0.400. The number of nitrogens with one attached hydrogen (secondary N) is 1. The van der Waals surface area contributed by atoms with Crippen LogP contribution in [0.5, 0.6) is 5.75 Å². The van der Waals surface area contributed by atoms with Crippen LogP contribution in [0.1, 0.15) is 18.9 Å². The molecule has 0 spiro atoms. The summed E-state index contributed by atoms with van der Waals surface area (Å²) in [4.78, 5) is 11.7. The van der Waals surface area contributed by atoms with Crippen molar-refractivity contribution in [2.24, 2.45) is 0 Å². The van der Waals surface area contributed by atoms with E-state index in [0.29, 0.717) is 13.2 Å². The lowest BCUT2D eigenvalue weighted by molar-refractivity contribution is -0.116. The van der Waals surface area contributed by atoms with Crippen LogP contribution in [0.25, 0.3) is 5.57 Å². The van der Waals surface area contributed by atoms with Crippen LogP contribution in [0.4, 0.5) is 0 Å². The van der Waals surface area contributed by atoms with Gasteiger partial charge in [0.1, 0.15) is 5.75 Å². The highest BCUT2D eigenvalue weighted by Gasteiger charge is 2.00. The lowest BCUT2D eigenvalue weighted by atomic mass is 10.1. The first-order valence-corrected chi connectivity index (χ1v) is 6.27. The van der Waals surface area contributed by atoms with Crippen LogP contribution >= 0.6 is 0 Å². The Kier molecular flexibility index (Phi) is 6.68. The molecule has 0 aromatic heterocycles. The van der Waals surface area contributed by atoms with E-state index in [2.05, 4.69) is 5.32 Å². The third kappa shape index (κ3) is 5.57. The van der Waals surface area contributed by atoms with Crippen molar-refractivity contribution in [1.29, 1.82) is 0 Å². The molecule has 1 rings (SSSR count). The monoisotopic (exact) mass is 263 g/mol. The van der Waals surface area contributed by atoms with Crippen LogP contribution in [0.3, 0.4) is 0 Å². The highest BCUT2D eigenvalue weighted by Crippen LogP contribution is 2.17. The number of carbonyl (C=O) groups is 1. The van der Waals surface area contributed by atoms with E-state index in [9.17, 15) is 4.79 Å². The SMILES string of the molecule is COCCCNC(=O)/C=C(\C)c1ccc(OC)cc1. The van der Waals surface area contributed by atoms with Gasteiger partial charge in [0.15, 0.2) is 0 Å². The summed E-state index contributed by atoms with van der Waals surface area (Å²) in [6.45, 7) is 3.19. The predicted octanol–water partition coefficient (Wildman–Crippen LogP) is 2.25. The van der Waals surface area contributed by atoms with Crippen molar-refractivity contribution in [3.63, 3.8) is 0 Å². The number of hydrogen-bond acceptors (Lipinski definition) is 3. The third-order valence-corrected chi connectivity index (χ3v) is 2.72. The molecule has 1 amide bonds. The van der Waals surface area contributed by atoms with Crippen LogP contribution in [0, 0.1) is 0 Å². The molecule has 0 heterocycles. The molecule has 0 atom stereocenters. The minimum atomic E-state index is -0.0792. The first-order valence-electron chi connectivity index (χ1n) is 6.27. The molecule has 1 N–H and O–H groups in total. The van der Waals surface area contributed by atoms with Crippen LogP contribution < -0.4 is 10.1 Å². The van der Waals surface area contributed by atoms with Gasteiger partial charge in [-0.15, -0.1) is 0 Å². The van der Waals surface area contributed by atoms with Gasteiger partial charge in [0.05, 0.1) is 7.11 Å². The van der Waals surface area contributed by atoms with Crippen LogP contribution in [0.15, 0.2) is 30.3 Å². The molecule has 4 heteroatoms. The molecule has 1 aromatic carbocycles. The first kappa shape index (κ1) is 15.2. The molecular weight excluding hydrogens is 242 g/mol. The molecule has 4 nitrogen and oxygen atoms in total. The molecule has 0 radical (unpaired) electrons. The highest BCUT2D eigenvalue weighted by molar-refractivity contribution is 5.94. The molecule has 1 aromatic rings. The Bertz CT molecular complexity index is 424. The van der Waals surface area contributed by atoms with Crippen LogP contribution in [-0.2, 0) is 9.53 Å². The Labute approximate surface area is 114 Å². The van der Waals surface area contributed by atoms with Crippen molar-refractivity contribution >= 4 is 11.5 Å². The zero-order valence-corrected chi connectivity index (χ0v) is 11.7. The van der Waals surface area contributed by atoms with E-state index in [4.69, 9.17) is 9.47 Å². The Hall–Kier alpha value is -1.81. The molecule has 0 saturated carbocycles. The maximum absolute atomic E-state index is 11.7. The largest absolute Gasteiger partial charge is 0.497 e. The van der Waals surface area contributed by atoms with Crippen molar-refractivity contribution in [3.05, 3.63) is 35.9 Å². The van der Waals surface area contributed by atoms with Crippen molar-refractivity contribution in [2.45, 2.75) is 13.3 Å². The number of amides is 1. The second-order valence-electron chi connectivity index (χ2n) is 4.19. The van der Waals surface area contributed by atoms with Gasteiger partial charge in [-0.05, 0) is 36.6 Å². The van der Waals surface area contributed by atoms with Gasteiger partial charge >= 0.3 is 0 Å². The van der Waals surface area contributed by atoms with E-state index in [-0.39, 0.29) is 5.91 Å². The van der Waals surface area contributed by atoms with Gasteiger partial charge in [-0.1, -0.05) is 12.1 Å². The standard InChI is InChI=1S/C15H21NO3/c1-12(11-15(17)16-9-4-10-18-2)13-5-7-14(19-3)8-6-13/h5-8,11H,4,9-10H2,1-3H3,(H,16,17)/b12-11+. The fourth-order valence-corrected chi connectivity index (χ4v) is 1.61. The zero-order valence-electron chi connectivity index (χ0n) is 11.7. The number of allylic oxidation sites excluding steroid dienone is 1. The molecule has 0 fully saturated rings. The van der Waals surface area contributed by atoms with Gasteiger partial charge in [-0.2, -0.15) is 0 Å². The summed E-state index contributed by atoms with van der Waals surface area (Å²) < 4.78 is 10.0. The number of carbonyl (C=O) groups excluding carboxylic acids is 1. The normalized spacial score (nSPS) is 11.2. The average molecular weight is 263 g/mol. The van der Waals surface area contributed by atoms with E-state index in [1.54, 1.807) is 20.3 Å². The van der Waals surface area contributed by atoms with Gasteiger partial charge in [0.25, 0.3) is 0 Å². The van der Waals surface area contributed by atoms with Gasteiger partial charge < -0.3 is 14.8 Å². The van der Waals surface area contributed by atoms with E-state index < -0.39 is 0 Å².